The third-order valence-corrected chi connectivity index (χ3v) is 13.5. The molecule has 5 fully saturated rings. The van der Waals surface area contributed by atoms with Crippen molar-refractivity contribution in [2.24, 2.45) is 45.7 Å². The maximum atomic E-state index is 13.6. The van der Waals surface area contributed by atoms with Crippen molar-refractivity contribution in [3.63, 3.8) is 0 Å². The van der Waals surface area contributed by atoms with Gasteiger partial charge in [0.25, 0.3) is 0 Å². The molecule has 230 valence electrons. The van der Waals surface area contributed by atoms with Crippen molar-refractivity contribution < 1.29 is 24.5 Å². The first-order chi connectivity index (χ1) is 19.0. The molecular weight excluding hydrogens is 514 g/mol. The molecule has 0 spiro atoms. The quantitative estimate of drug-likeness (QED) is 0.217. The fourth-order valence-corrected chi connectivity index (χ4v) is 11.5. The number of allylic oxidation sites excluding steroid dienone is 3. The van der Waals surface area contributed by atoms with Crippen molar-refractivity contribution >= 4 is 11.8 Å². The molecule has 11 atom stereocenters. The third kappa shape index (κ3) is 4.52. The van der Waals surface area contributed by atoms with Gasteiger partial charge < -0.3 is 20.7 Å². The van der Waals surface area contributed by atoms with Crippen molar-refractivity contribution in [2.75, 3.05) is 0 Å². The molecule has 0 saturated heterocycles. The van der Waals surface area contributed by atoms with E-state index in [2.05, 4.69) is 34.6 Å². The number of fused-ring (bicyclic) bond motifs is 5. The van der Waals surface area contributed by atoms with Crippen molar-refractivity contribution in [3.8, 4) is 0 Å². The number of carbonyl (C=O) groups excluding carboxylic acids is 2. The van der Waals surface area contributed by atoms with Gasteiger partial charge in [-0.1, -0.05) is 31.9 Å². The number of ether oxygens (including phenoxy) is 1. The van der Waals surface area contributed by atoms with E-state index in [4.69, 9.17) is 10.5 Å². The predicted molar refractivity (Wildman–Crippen MR) is 161 cm³/mol. The fourth-order valence-electron chi connectivity index (χ4n) is 11.5. The number of carbonyl (C=O) groups is 2. The number of hydrogen-bond donors (Lipinski definition) is 3. The predicted octanol–water partition coefficient (Wildman–Crippen LogP) is 6.03. The summed E-state index contributed by atoms with van der Waals surface area (Å²) in [6.45, 7) is 16.5. The molecule has 0 aromatic carbocycles. The Balaban J connectivity index is 1.64. The van der Waals surface area contributed by atoms with E-state index in [1.165, 1.54) is 18.1 Å². The number of ketones is 1. The van der Waals surface area contributed by atoms with Crippen LogP contribution in [0.15, 0.2) is 22.3 Å². The zero-order chi connectivity index (χ0) is 30.3. The normalized spacial score (nSPS) is 49.0. The van der Waals surface area contributed by atoms with Crippen LogP contribution in [0.1, 0.15) is 120 Å². The molecule has 5 aliphatic carbocycles. The van der Waals surface area contributed by atoms with E-state index in [0.29, 0.717) is 19.3 Å². The maximum Gasteiger partial charge on any atom is 0.303 e. The summed E-state index contributed by atoms with van der Waals surface area (Å²) in [7, 11) is 0. The minimum Gasteiger partial charge on any atom is -0.458 e. The lowest BCUT2D eigenvalue weighted by Gasteiger charge is -2.70. The van der Waals surface area contributed by atoms with Crippen LogP contribution in [0.25, 0.3) is 0 Å². The van der Waals surface area contributed by atoms with E-state index in [9.17, 15) is 19.8 Å². The van der Waals surface area contributed by atoms with Crippen LogP contribution < -0.4 is 5.73 Å². The molecule has 6 nitrogen and oxygen atoms in total. The summed E-state index contributed by atoms with van der Waals surface area (Å²) in [6.07, 6.45) is 6.95. The van der Waals surface area contributed by atoms with Gasteiger partial charge in [-0.15, -0.1) is 0 Å². The van der Waals surface area contributed by atoms with Crippen LogP contribution in [0, 0.1) is 39.9 Å². The van der Waals surface area contributed by atoms with Crippen LogP contribution in [0.4, 0.5) is 0 Å². The standard InChI is InChI=1S/C35H55NO5/c1-19(2)22-10-9-11-23(16-22)29(20(3)37)30-24-17-25(39)31-32(5)14-13-28(40)35(8,36)27(32)12-15-33(31,6)34(24,7)18-26(30)41-21(4)38/h23-28,31,39-40H,9-18,36H2,1-8H3/b30-29+/t23?,24-,25+,26-,27+,28+,31-,32-,33-,34-,35+/m0/s1. The lowest BCUT2D eigenvalue weighted by molar-refractivity contribution is -0.237. The average molecular weight is 570 g/mol. The Hall–Kier alpha value is -1.50. The molecule has 0 aromatic rings. The summed E-state index contributed by atoms with van der Waals surface area (Å²) >= 11 is 0. The second-order valence-corrected chi connectivity index (χ2v) is 15.8. The fraction of sp³-hybridized carbons (Fsp3) is 0.829. The zero-order valence-corrected chi connectivity index (χ0v) is 26.8. The number of aliphatic hydroxyl groups excluding tert-OH is 2. The number of Topliss-reactive ketones (excluding diaryl/α,β-unsaturated/α-hetero) is 1. The molecule has 4 N–H and O–H groups in total. The molecule has 0 heterocycles. The lowest BCUT2D eigenvalue weighted by Crippen LogP contribution is -2.71. The molecule has 41 heavy (non-hydrogen) atoms. The highest BCUT2D eigenvalue weighted by atomic mass is 16.5. The average Bonchev–Trinajstić information content (AvgIpc) is 3.13. The van der Waals surface area contributed by atoms with E-state index in [-0.39, 0.29) is 51.7 Å². The first-order valence-corrected chi connectivity index (χ1v) is 16.2. The minimum absolute atomic E-state index is 0.00967. The first kappa shape index (κ1) is 30.9. The first-order valence-electron chi connectivity index (χ1n) is 16.2. The molecule has 5 saturated carbocycles. The Morgan fingerprint density at radius 2 is 1.63 bits per heavy atom. The summed E-state index contributed by atoms with van der Waals surface area (Å²) in [5.74, 6) is -0.0171. The number of rotatable bonds is 3. The Morgan fingerprint density at radius 1 is 0.951 bits per heavy atom. The molecule has 5 aliphatic rings. The van der Waals surface area contributed by atoms with Crippen molar-refractivity contribution in [2.45, 2.75) is 143 Å². The van der Waals surface area contributed by atoms with Gasteiger partial charge in [-0.2, -0.15) is 0 Å². The molecule has 0 aliphatic heterocycles. The minimum atomic E-state index is -0.696. The van der Waals surface area contributed by atoms with Crippen LogP contribution in [0.3, 0.4) is 0 Å². The lowest BCUT2D eigenvalue weighted by atomic mass is 9.36. The SMILES string of the molecule is CC(=O)O[C@H]1C[C@@]2(C)[C@@H](C[C@@H](O)[C@H]3[C@@]4(C)CC[C@@H](O)[C@](C)(N)[C@@H]4CC[C@@]32C)/C1=C(/C(C)=O)C1CCCC(=C(C)C)C1. The molecule has 5 rings (SSSR count). The molecule has 0 radical (unpaired) electrons. The Morgan fingerprint density at radius 3 is 2.24 bits per heavy atom. The maximum absolute atomic E-state index is 13.6. The Bertz CT molecular complexity index is 1170. The topological polar surface area (TPSA) is 110 Å². The zero-order valence-electron chi connectivity index (χ0n) is 26.8. The van der Waals surface area contributed by atoms with E-state index in [0.717, 1.165) is 56.1 Å². The Kier molecular flexibility index (Phi) is 7.77. The van der Waals surface area contributed by atoms with E-state index >= 15 is 0 Å². The summed E-state index contributed by atoms with van der Waals surface area (Å²) < 4.78 is 6.12. The van der Waals surface area contributed by atoms with Crippen LogP contribution in [0.2, 0.25) is 0 Å². The van der Waals surface area contributed by atoms with Gasteiger partial charge in [0.1, 0.15) is 6.10 Å². The van der Waals surface area contributed by atoms with Crippen LogP contribution >= 0.6 is 0 Å². The van der Waals surface area contributed by atoms with E-state index < -0.39 is 23.9 Å². The van der Waals surface area contributed by atoms with Gasteiger partial charge >= 0.3 is 5.97 Å². The number of nitrogens with two attached hydrogens (primary N) is 1. The molecular formula is C35H55NO5. The van der Waals surface area contributed by atoms with E-state index in [1.807, 2.05) is 6.92 Å². The van der Waals surface area contributed by atoms with Crippen molar-refractivity contribution in [1.82, 2.24) is 0 Å². The molecule has 0 aromatic heterocycles. The molecule has 0 bridgehead atoms. The van der Waals surface area contributed by atoms with Crippen LogP contribution in [-0.2, 0) is 14.3 Å². The van der Waals surface area contributed by atoms with Crippen molar-refractivity contribution in [1.29, 1.82) is 0 Å². The largest absolute Gasteiger partial charge is 0.458 e. The van der Waals surface area contributed by atoms with Crippen LogP contribution in [0.5, 0.6) is 0 Å². The second kappa shape index (κ2) is 10.3. The number of esters is 1. The van der Waals surface area contributed by atoms with Gasteiger partial charge in [0, 0.05) is 18.0 Å². The van der Waals surface area contributed by atoms with Gasteiger partial charge in [0.2, 0.25) is 0 Å². The molecule has 6 heteroatoms. The molecule has 1 unspecified atom stereocenters. The monoisotopic (exact) mass is 569 g/mol. The van der Waals surface area contributed by atoms with Gasteiger partial charge in [-0.3, -0.25) is 9.59 Å². The van der Waals surface area contributed by atoms with Gasteiger partial charge in [0.05, 0.1) is 12.2 Å². The highest BCUT2D eigenvalue weighted by Gasteiger charge is 2.72. The summed E-state index contributed by atoms with van der Waals surface area (Å²) in [4.78, 5) is 26.1. The van der Waals surface area contributed by atoms with Gasteiger partial charge in [-0.25, -0.2) is 0 Å². The summed E-state index contributed by atoms with van der Waals surface area (Å²) in [5, 5.41) is 23.1. The highest BCUT2D eigenvalue weighted by molar-refractivity contribution is 5.95. The van der Waals surface area contributed by atoms with Gasteiger partial charge in [0.15, 0.2) is 5.78 Å². The Labute approximate surface area is 247 Å². The number of hydrogen-bond acceptors (Lipinski definition) is 6. The van der Waals surface area contributed by atoms with Crippen molar-refractivity contribution in [3.05, 3.63) is 22.3 Å². The molecule has 0 amide bonds. The summed E-state index contributed by atoms with van der Waals surface area (Å²) in [6, 6.07) is 0. The number of aliphatic hydroxyl groups is 2. The van der Waals surface area contributed by atoms with E-state index in [1.54, 1.807) is 6.92 Å². The second-order valence-electron chi connectivity index (χ2n) is 15.8. The summed E-state index contributed by atoms with van der Waals surface area (Å²) in [5.41, 5.74) is 10.1. The van der Waals surface area contributed by atoms with Crippen LogP contribution in [-0.4, -0.2) is 45.8 Å². The highest BCUT2D eigenvalue weighted by Crippen LogP contribution is 2.74. The third-order valence-electron chi connectivity index (χ3n) is 13.5. The van der Waals surface area contributed by atoms with Gasteiger partial charge in [-0.05, 0) is 137 Å². The smallest absolute Gasteiger partial charge is 0.303 e.